The number of likely N-dealkylation sites (N-methyl/N-ethyl adjacent to an activating group) is 1. The maximum Gasteiger partial charge on any atom is 0.235 e. The lowest BCUT2D eigenvalue weighted by molar-refractivity contribution is -0.123. The van der Waals surface area contributed by atoms with Gasteiger partial charge in [0.25, 0.3) is 0 Å². The maximum atomic E-state index is 11.8. The average Bonchev–Trinajstić information content (AvgIpc) is 2.75. The molecular weight excluding hydrogens is 202 g/mol. The van der Waals surface area contributed by atoms with Crippen LogP contribution in [0.15, 0.2) is 0 Å². The highest BCUT2D eigenvalue weighted by atomic mass is 16.2. The van der Waals surface area contributed by atoms with Crippen LogP contribution < -0.4 is 5.32 Å². The van der Waals surface area contributed by atoms with E-state index in [4.69, 9.17) is 5.26 Å². The Bertz CT molecular complexity index is 272. The molecule has 1 aliphatic rings. The van der Waals surface area contributed by atoms with Gasteiger partial charge in [-0.05, 0) is 38.8 Å². The molecule has 1 amide bonds. The largest absolute Gasteiger partial charge is 0.337 e. The van der Waals surface area contributed by atoms with Crippen molar-refractivity contribution in [2.75, 3.05) is 19.6 Å². The van der Waals surface area contributed by atoms with Gasteiger partial charge in [0.1, 0.15) is 5.54 Å². The van der Waals surface area contributed by atoms with E-state index in [2.05, 4.69) is 16.3 Å². The van der Waals surface area contributed by atoms with Crippen LogP contribution in [0.1, 0.15) is 39.5 Å². The van der Waals surface area contributed by atoms with E-state index in [9.17, 15) is 4.79 Å². The Morgan fingerprint density at radius 2 is 1.94 bits per heavy atom. The molecule has 1 fully saturated rings. The fourth-order valence-corrected chi connectivity index (χ4v) is 2.20. The lowest BCUT2D eigenvalue weighted by Gasteiger charge is -2.24. The SMILES string of the molecule is CCN(CC)CC(=O)NC1(C#N)CCCC1. The molecule has 0 aromatic rings. The third-order valence-corrected chi connectivity index (χ3v) is 3.31. The Hall–Kier alpha value is -1.08. The zero-order valence-corrected chi connectivity index (χ0v) is 10.3. The van der Waals surface area contributed by atoms with E-state index in [0.717, 1.165) is 38.8 Å². The summed E-state index contributed by atoms with van der Waals surface area (Å²) in [5.41, 5.74) is -0.579. The van der Waals surface area contributed by atoms with Gasteiger partial charge in [-0.15, -0.1) is 0 Å². The van der Waals surface area contributed by atoms with Gasteiger partial charge in [0, 0.05) is 0 Å². The Labute approximate surface area is 97.6 Å². The molecule has 4 nitrogen and oxygen atoms in total. The predicted molar refractivity (Wildman–Crippen MR) is 62.7 cm³/mol. The van der Waals surface area contributed by atoms with Crippen LogP contribution in [0, 0.1) is 11.3 Å². The number of hydrogen-bond acceptors (Lipinski definition) is 3. The van der Waals surface area contributed by atoms with Gasteiger partial charge in [0.2, 0.25) is 5.91 Å². The second-order valence-electron chi connectivity index (χ2n) is 4.41. The molecule has 0 saturated heterocycles. The van der Waals surface area contributed by atoms with Crippen LogP contribution in [-0.2, 0) is 4.79 Å². The first-order valence-corrected chi connectivity index (χ1v) is 6.10. The van der Waals surface area contributed by atoms with Crippen LogP contribution in [0.2, 0.25) is 0 Å². The van der Waals surface area contributed by atoms with Crippen molar-refractivity contribution in [1.29, 1.82) is 5.26 Å². The van der Waals surface area contributed by atoms with Gasteiger partial charge in [0.15, 0.2) is 0 Å². The Morgan fingerprint density at radius 3 is 2.38 bits per heavy atom. The van der Waals surface area contributed by atoms with E-state index in [-0.39, 0.29) is 5.91 Å². The van der Waals surface area contributed by atoms with Gasteiger partial charge in [0.05, 0.1) is 12.6 Å². The molecule has 16 heavy (non-hydrogen) atoms. The quantitative estimate of drug-likeness (QED) is 0.764. The highest BCUT2D eigenvalue weighted by Crippen LogP contribution is 2.28. The van der Waals surface area contributed by atoms with Crippen LogP contribution >= 0.6 is 0 Å². The lowest BCUT2D eigenvalue weighted by atomic mass is 10.00. The molecule has 0 bridgehead atoms. The molecule has 0 heterocycles. The monoisotopic (exact) mass is 223 g/mol. The molecule has 0 aliphatic heterocycles. The van der Waals surface area contributed by atoms with Crippen molar-refractivity contribution >= 4 is 5.91 Å². The standard InChI is InChI=1S/C12H21N3O/c1-3-15(4-2)9-11(16)14-12(10-13)7-5-6-8-12/h3-9H2,1-2H3,(H,14,16). The van der Waals surface area contributed by atoms with Gasteiger partial charge in [-0.3, -0.25) is 9.69 Å². The van der Waals surface area contributed by atoms with Crippen molar-refractivity contribution in [3.63, 3.8) is 0 Å². The molecule has 1 aliphatic carbocycles. The van der Waals surface area contributed by atoms with E-state index in [1.54, 1.807) is 0 Å². The summed E-state index contributed by atoms with van der Waals surface area (Å²) in [6, 6.07) is 2.27. The summed E-state index contributed by atoms with van der Waals surface area (Å²) in [5, 5.41) is 12.0. The van der Waals surface area contributed by atoms with Crippen LogP contribution in [-0.4, -0.2) is 36.0 Å². The molecule has 0 radical (unpaired) electrons. The number of amides is 1. The average molecular weight is 223 g/mol. The van der Waals surface area contributed by atoms with Crippen molar-refractivity contribution in [3.8, 4) is 6.07 Å². The van der Waals surface area contributed by atoms with Crippen molar-refractivity contribution in [1.82, 2.24) is 10.2 Å². The van der Waals surface area contributed by atoms with E-state index in [1.165, 1.54) is 0 Å². The molecule has 4 heteroatoms. The number of hydrogen-bond donors (Lipinski definition) is 1. The first kappa shape index (κ1) is 13.0. The van der Waals surface area contributed by atoms with Crippen LogP contribution in [0.25, 0.3) is 0 Å². The summed E-state index contributed by atoms with van der Waals surface area (Å²) in [5.74, 6) is -0.0212. The molecule has 1 N–H and O–H groups in total. The van der Waals surface area contributed by atoms with Crippen molar-refractivity contribution < 1.29 is 4.79 Å². The molecule has 0 spiro atoms. The smallest absolute Gasteiger partial charge is 0.235 e. The molecule has 0 aromatic heterocycles. The number of carbonyl (C=O) groups excluding carboxylic acids is 1. The lowest BCUT2D eigenvalue weighted by Crippen LogP contribution is -2.49. The summed E-state index contributed by atoms with van der Waals surface area (Å²) in [6.45, 7) is 6.20. The van der Waals surface area contributed by atoms with E-state index in [1.807, 2.05) is 13.8 Å². The second kappa shape index (κ2) is 5.86. The van der Waals surface area contributed by atoms with E-state index in [0.29, 0.717) is 6.54 Å². The molecule has 0 aromatic carbocycles. The molecular formula is C12H21N3O. The Balaban J connectivity index is 2.47. The molecule has 1 rings (SSSR count). The first-order chi connectivity index (χ1) is 7.65. The van der Waals surface area contributed by atoms with Crippen LogP contribution in [0.4, 0.5) is 0 Å². The van der Waals surface area contributed by atoms with E-state index < -0.39 is 5.54 Å². The highest BCUT2D eigenvalue weighted by Gasteiger charge is 2.35. The third kappa shape index (κ3) is 3.21. The van der Waals surface area contributed by atoms with Crippen molar-refractivity contribution in [2.45, 2.75) is 45.1 Å². The van der Waals surface area contributed by atoms with Crippen molar-refractivity contribution in [3.05, 3.63) is 0 Å². The first-order valence-electron chi connectivity index (χ1n) is 6.10. The molecule has 90 valence electrons. The van der Waals surface area contributed by atoms with Gasteiger partial charge in [-0.25, -0.2) is 0 Å². The molecule has 0 atom stereocenters. The maximum absolute atomic E-state index is 11.8. The predicted octanol–water partition coefficient (Wildman–Crippen LogP) is 1.28. The number of nitriles is 1. The minimum Gasteiger partial charge on any atom is -0.337 e. The molecule has 1 saturated carbocycles. The number of nitrogens with zero attached hydrogens (tertiary/aromatic N) is 2. The number of nitrogens with one attached hydrogen (secondary N) is 1. The van der Waals surface area contributed by atoms with E-state index >= 15 is 0 Å². The zero-order valence-electron chi connectivity index (χ0n) is 10.3. The summed E-state index contributed by atoms with van der Waals surface area (Å²) >= 11 is 0. The minimum absolute atomic E-state index is 0.0212. The Morgan fingerprint density at radius 1 is 1.38 bits per heavy atom. The summed E-state index contributed by atoms with van der Waals surface area (Å²) < 4.78 is 0. The topological polar surface area (TPSA) is 56.1 Å². The zero-order chi connectivity index (χ0) is 12.0. The van der Waals surface area contributed by atoms with Gasteiger partial charge >= 0.3 is 0 Å². The highest BCUT2D eigenvalue weighted by molar-refractivity contribution is 5.79. The fraction of sp³-hybridized carbons (Fsp3) is 0.833. The van der Waals surface area contributed by atoms with Crippen LogP contribution in [0.3, 0.4) is 0 Å². The fourth-order valence-electron chi connectivity index (χ4n) is 2.20. The normalized spacial score (nSPS) is 18.4. The second-order valence-corrected chi connectivity index (χ2v) is 4.41. The van der Waals surface area contributed by atoms with Gasteiger partial charge in [-0.1, -0.05) is 13.8 Å². The number of carbonyl (C=O) groups is 1. The summed E-state index contributed by atoms with van der Waals surface area (Å²) in [6.07, 6.45) is 3.68. The summed E-state index contributed by atoms with van der Waals surface area (Å²) in [7, 11) is 0. The summed E-state index contributed by atoms with van der Waals surface area (Å²) in [4.78, 5) is 13.8. The third-order valence-electron chi connectivity index (χ3n) is 3.31. The van der Waals surface area contributed by atoms with Crippen LogP contribution in [0.5, 0.6) is 0 Å². The molecule has 0 unspecified atom stereocenters. The number of rotatable bonds is 5. The Kier molecular flexibility index (Phi) is 4.75. The van der Waals surface area contributed by atoms with Gasteiger partial charge in [-0.2, -0.15) is 5.26 Å². The van der Waals surface area contributed by atoms with Gasteiger partial charge < -0.3 is 5.32 Å². The minimum atomic E-state index is -0.579. The van der Waals surface area contributed by atoms with Crippen molar-refractivity contribution in [2.24, 2.45) is 0 Å².